The second-order valence-electron chi connectivity index (χ2n) is 2.23. The van der Waals surface area contributed by atoms with Gasteiger partial charge in [0.1, 0.15) is 3.70 Å². The molecule has 1 aromatic heterocycles. The second kappa shape index (κ2) is 4.97. The molecule has 0 aliphatic rings. The Balaban J connectivity index is 3.23. The molecule has 0 fully saturated rings. The van der Waals surface area contributed by atoms with Crippen LogP contribution >= 0.6 is 54.5 Å². The molecule has 0 aliphatic carbocycles. The summed E-state index contributed by atoms with van der Waals surface area (Å²) >= 11 is 8.12. The highest BCUT2D eigenvalue weighted by molar-refractivity contribution is 14.1. The van der Waals surface area contributed by atoms with Crippen LogP contribution in [0, 0.1) is 3.70 Å². The maximum atomic E-state index is 12.4. The van der Waals surface area contributed by atoms with Crippen molar-refractivity contribution < 1.29 is 8.78 Å². The fourth-order valence-corrected chi connectivity index (χ4v) is 2.92. The van der Waals surface area contributed by atoms with Crippen LogP contribution in [-0.4, -0.2) is 4.98 Å². The fraction of sp³-hybridized carbons (Fsp3) is 0.286. The summed E-state index contributed by atoms with van der Waals surface area (Å²) in [5.74, 6) is 0. The Morgan fingerprint density at radius 3 is 2.54 bits per heavy atom. The zero-order valence-corrected chi connectivity index (χ0v) is 11.5. The number of aromatic nitrogens is 1. The van der Waals surface area contributed by atoms with Gasteiger partial charge in [0.15, 0.2) is 0 Å². The lowest BCUT2D eigenvalue weighted by Gasteiger charge is -2.06. The Labute approximate surface area is 105 Å². The van der Waals surface area contributed by atoms with Gasteiger partial charge >= 0.3 is 0 Å². The van der Waals surface area contributed by atoms with E-state index >= 15 is 0 Å². The summed E-state index contributed by atoms with van der Waals surface area (Å²) in [4.78, 5) is 4.00. The van der Waals surface area contributed by atoms with Gasteiger partial charge in [-0.25, -0.2) is 13.8 Å². The molecule has 13 heavy (non-hydrogen) atoms. The first kappa shape index (κ1) is 11.8. The fourth-order valence-electron chi connectivity index (χ4n) is 0.804. The van der Waals surface area contributed by atoms with Crippen molar-refractivity contribution in [2.75, 3.05) is 0 Å². The lowest BCUT2D eigenvalue weighted by Crippen LogP contribution is -1.98. The van der Waals surface area contributed by atoms with Crippen molar-refractivity contribution in [1.29, 1.82) is 0 Å². The molecule has 1 rings (SSSR count). The quantitative estimate of drug-likeness (QED) is 0.391. The summed E-state index contributed by atoms with van der Waals surface area (Å²) in [6.07, 6.45) is -2.49. The van der Waals surface area contributed by atoms with Gasteiger partial charge in [0.05, 0.1) is 11.3 Å². The molecule has 6 heteroatoms. The summed E-state index contributed by atoms with van der Waals surface area (Å²) in [7, 11) is 0. The van der Waals surface area contributed by atoms with E-state index in [2.05, 4.69) is 36.8 Å². The van der Waals surface area contributed by atoms with E-state index in [-0.39, 0.29) is 5.56 Å². The Kier molecular flexibility index (Phi) is 4.50. The lowest BCUT2D eigenvalue weighted by atomic mass is 10.3. The number of nitrogens with zero attached hydrogens (tertiary/aromatic N) is 1. The van der Waals surface area contributed by atoms with Gasteiger partial charge < -0.3 is 0 Å². The molecule has 1 aromatic rings. The summed E-state index contributed by atoms with van der Waals surface area (Å²) in [5, 5.41) is 0.561. The molecule has 0 radical (unpaired) electrons. The first-order valence-electron chi connectivity index (χ1n) is 3.25. The van der Waals surface area contributed by atoms with Gasteiger partial charge in [0.2, 0.25) is 0 Å². The van der Waals surface area contributed by atoms with Gasteiger partial charge in [-0.1, -0.05) is 31.9 Å². The van der Waals surface area contributed by atoms with E-state index < -0.39 is 6.43 Å². The topological polar surface area (TPSA) is 12.9 Å². The number of rotatable bonds is 2. The maximum absolute atomic E-state index is 12.4. The normalized spacial score (nSPS) is 10.9. The first-order chi connectivity index (χ1) is 6.06. The Bertz CT molecular complexity index is 296. The molecule has 0 aromatic carbocycles. The molecule has 0 atom stereocenters. The molecule has 0 saturated carbocycles. The Morgan fingerprint density at radius 2 is 2.15 bits per heavy atom. The van der Waals surface area contributed by atoms with E-state index in [1.54, 1.807) is 6.07 Å². The van der Waals surface area contributed by atoms with E-state index in [9.17, 15) is 8.78 Å². The van der Waals surface area contributed by atoms with Gasteiger partial charge in [-0.3, -0.25) is 0 Å². The van der Waals surface area contributed by atoms with Crippen molar-refractivity contribution in [2.24, 2.45) is 0 Å². The summed E-state index contributed by atoms with van der Waals surface area (Å²) < 4.78 is 25.6. The summed E-state index contributed by atoms with van der Waals surface area (Å²) in [6.45, 7) is 0. The molecule has 0 aliphatic heterocycles. The predicted octanol–water partition coefficient (Wildman–Crippen LogP) is 4.28. The Hall–Kier alpha value is 0.700. The molecule has 0 N–H and O–H groups in total. The molecular formula is C7H4Br2F2IN. The highest BCUT2D eigenvalue weighted by Crippen LogP contribution is 2.31. The van der Waals surface area contributed by atoms with Crippen LogP contribution < -0.4 is 0 Å². The van der Waals surface area contributed by atoms with Crippen LogP contribution in [0.15, 0.2) is 10.5 Å². The van der Waals surface area contributed by atoms with Crippen LogP contribution in [0.5, 0.6) is 0 Å². The van der Waals surface area contributed by atoms with E-state index in [0.29, 0.717) is 13.5 Å². The predicted molar refractivity (Wildman–Crippen MR) is 62.2 cm³/mol. The third-order valence-corrected chi connectivity index (χ3v) is 3.42. The zero-order valence-electron chi connectivity index (χ0n) is 6.20. The molecular weight excluding hydrogens is 423 g/mol. The minimum atomic E-state index is -2.49. The third-order valence-electron chi connectivity index (χ3n) is 1.37. The van der Waals surface area contributed by atoms with Crippen molar-refractivity contribution in [3.05, 3.63) is 25.5 Å². The highest BCUT2D eigenvalue weighted by atomic mass is 127. The van der Waals surface area contributed by atoms with Crippen LogP contribution in [0.4, 0.5) is 8.78 Å². The van der Waals surface area contributed by atoms with Gasteiger partial charge in [-0.05, 0) is 28.7 Å². The Morgan fingerprint density at radius 1 is 1.54 bits per heavy atom. The van der Waals surface area contributed by atoms with Crippen LogP contribution in [-0.2, 0) is 5.33 Å². The molecule has 0 bridgehead atoms. The van der Waals surface area contributed by atoms with Crippen LogP contribution in [0.1, 0.15) is 17.7 Å². The molecule has 0 spiro atoms. The molecule has 1 nitrogen and oxygen atoms in total. The average Bonchev–Trinajstić information content (AvgIpc) is 2.02. The summed E-state index contributed by atoms with van der Waals surface area (Å²) in [5.41, 5.74) is 0.700. The van der Waals surface area contributed by atoms with Crippen LogP contribution in [0.25, 0.3) is 0 Å². The first-order valence-corrected chi connectivity index (χ1v) is 6.24. The SMILES string of the molecule is FC(F)c1c(Br)cc(CBr)nc1I. The van der Waals surface area contributed by atoms with E-state index in [0.717, 1.165) is 5.69 Å². The molecule has 72 valence electrons. The van der Waals surface area contributed by atoms with Crippen molar-refractivity contribution in [3.63, 3.8) is 0 Å². The second-order valence-corrected chi connectivity index (χ2v) is 4.67. The van der Waals surface area contributed by atoms with Gasteiger partial charge in [-0.15, -0.1) is 0 Å². The van der Waals surface area contributed by atoms with Gasteiger partial charge in [0.25, 0.3) is 6.43 Å². The molecule has 0 unspecified atom stereocenters. The smallest absolute Gasteiger partial charge is 0.245 e. The van der Waals surface area contributed by atoms with E-state index in [1.807, 2.05) is 22.6 Å². The van der Waals surface area contributed by atoms with Crippen molar-refractivity contribution in [1.82, 2.24) is 4.98 Å². The highest BCUT2D eigenvalue weighted by Gasteiger charge is 2.17. The number of pyridine rings is 1. The number of hydrogen-bond donors (Lipinski definition) is 0. The number of halogens is 5. The summed E-state index contributed by atoms with van der Waals surface area (Å²) in [6, 6.07) is 1.60. The van der Waals surface area contributed by atoms with Crippen LogP contribution in [0.3, 0.4) is 0 Å². The number of hydrogen-bond acceptors (Lipinski definition) is 1. The molecule has 0 saturated heterocycles. The monoisotopic (exact) mass is 425 g/mol. The van der Waals surface area contributed by atoms with Crippen molar-refractivity contribution in [3.8, 4) is 0 Å². The largest absolute Gasteiger partial charge is 0.267 e. The van der Waals surface area contributed by atoms with E-state index in [4.69, 9.17) is 0 Å². The standard InChI is InChI=1S/C7H4Br2F2IN/c8-2-3-1-4(9)5(6(10)11)7(12)13-3/h1,6H,2H2. The van der Waals surface area contributed by atoms with Gasteiger partial charge in [0, 0.05) is 9.80 Å². The van der Waals surface area contributed by atoms with E-state index in [1.165, 1.54) is 0 Å². The average molecular weight is 427 g/mol. The minimum Gasteiger partial charge on any atom is -0.245 e. The molecule has 1 heterocycles. The third kappa shape index (κ3) is 2.82. The van der Waals surface area contributed by atoms with Gasteiger partial charge in [-0.2, -0.15) is 0 Å². The number of alkyl halides is 3. The van der Waals surface area contributed by atoms with Crippen molar-refractivity contribution in [2.45, 2.75) is 11.8 Å². The zero-order chi connectivity index (χ0) is 10.0. The van der Waals surface area contributed by atoms with Crippen molar-refractivity contribution >= 4 is 54.5 Å². The molecule has 0 amide bonds. The minimum absolute atomic E-state index is 0.0368. The lowest BCUT2D eigenvalue weighted by molar-refractivity contribution is 0.149. The maximum Gasteiger partial charge on any atom is 0.267 e. The van der Waals surface area contributed by atoms with Crippen LogP contribution in [0.2, 0.25) is 0 Å².